The van der Waals surface area contributed by atoms with Crippen LogP contribution in [0.2, 0.25) is 0 Å². The Balaban J connectivity index is 1.34. The standard InChI is InChI=1S/C25H24Cl2N2O5/c1-14(15-5-3-2-4-6-15)28-22(30)13-34-25(33)16-7-9-17(10-8-16)29-23(31)18-11-20(26)21(27)12-19(18)24(29)32/h2-10,14,18-21H,11-13H2,1H3,(H,28,30)/t14-,18+,19+,20-,21+/m0/s1. The molecule has 1 saturated carbocycles. The molecular weight excluding hydrogens is 479 g/mol. The predicted molar refractivity (Wildman–Crippen MR) is 128 cm³/mol. The molecule has 1 aliphatic carbocycles. The zero-order valence-corrected chi connectivity index (χ0v) is 20.0. The van der Waals surface area contributed by atoms with Crippen molar-refractivity contribution in [1.29, 1.82) is 0 Å². The molecule has 0 unspecified atom stereocenters. The molecule has 2 fully saturated rings. The molecule has 0 radical (unpaired) electrons. The van der Waals surface area contributed by atoms with Crippen molar-refractivity contribution in [2.45, 2.75) is 36.6 Å². The van der Waals surface area contributed by atoms with E-state index in [4.69, 9.17) is 27.9 Å². The summed E-state index contributed by atoms with van der Waals surface area (Å²) in [5, 5.41) is 2.06. The minimum absolute atomic E-state index is 0.200. The molecule has 9 heteroatoms. The number of fused-ring (bicyclic) bond motifs is 1. The lowest BCUT2D eigenvalue weighted by Crippen LogP contribution is -2.34. The number of rotatable bonds is 6. The van der Waals surface area contributed by atoms with E-state index in [1.807, 2.05) is 37.3 Å². The lowest BCUT2D eigenvalue weighted by molar-refractivity contribution is -0.125. The maximum Gasteiger partial charge on any atom is 0.338 e. The highest BCUT2D eigenvalue weighted by molar-refractivity contribution is 6.31. The van der Waals surface area contributed by atoms with E-state index in [9.17, 15) is 19.2 Å². The Kier molecular flexibility index (Phi) is 7.24. The molecule has 1 aliphatic heterocycles. The van der Waals surface area contributed by atoms with Crippen LogP contribution in [0, 0.1) is 11.8 Å². The number of hydrogen-bond donors (Lipinski definition) is 1. The van der Waals surface area contributed by atoms with Crippen molar-refractivity contribution in [2.75, 3.05) is 11.5 Å². The number of ether oxygens (including phenoxy) is 1. The maximum absolute atomic E-state index is 12.9. The van der Waals surface area contributed by atoms with Gasteiger partial charge in [-0.1, -0.05) is 30.3 Å². The van der Waals surface area contributed by atoms with E-state index in [1.165, 1.54) is 24.3 Å². The van der Waals surface area contributed by atoms with Gasteiger partial charge in [0.1, 0.15) is 0 Å². The molecule has 0 spiro atoms. The number of carbonyl (C=O) groups excluding carboxylic acids is 4. The number of halogens is 2. The van der Waals surface area contributed by atoms with Gasteiger partial charge in [-0.05, 0) is 49.6 Å². The summed E-state index contributed by atoms with van der Waals surface area (Å²) in [6, 6.07) is 15.1. The van der Waals surface area contributed by atoms with Crippen molar-refractivity contribution in [1.82, 2.24) is 5.32 Å². The van der Waals surface area contributed by atoms with Gasteiger partial charge in [0.15, 0.2) is 6.61 Å². The third kappa shape index (κ3) is 4.95. The third-order valence-corrected chi connectivity index (χ3v) is 7.38. The number of anilines is 1. The van der Waals surface area contributed by atoms with Crippen LogP contribution < -0.4 is 10.2 Å². The SMILES string of the molecule is C[C@H](NC(=O)COC(=O)c1ccc(N2C(=O)[C@@H]3C[C@@H](Cl)[C@@H](Cl)C[C@H]3C2=O)cc1)c1ccccc1. The van der Waals surface area contributed by atoms with Crippen molar-refractivity contribution in [3.8, 4) is 0 Å². The van der Waals surface area contributed by atoms with Crippen LogP contribution in [0.25, 0.3) is 0 Å². The van der Waals surface area contributed by atoms with Crippen LogP contribution in [0.3, 0.4) is 0 Å². The van der Waals surface area contributed by atoms with Crippen molar-refractivity contribution < 1.29 is 23.9 Å². The number of amides is 3. The molecule has 2 aromatic rings. The molecule has 178 valence electrons. The minimum Gasteiger partial charge on any atom is -0.452 e. The summed E-state index contributed by atoms with van der Waals surface area (Å²) in [6.45, 7) is 1.41. The van der Waals surface area contributed by atoms with Crippen LogP contribution >= 0.6 is 23.2 Å². The van der Waals surface area contributed by atoms with Crippen molar-refractivity contribution in [3.63, 3.8) is 0 Å². The summed E-state index contributed by atoms with van der Waals surface area (Å²) in [5.41, 5.74) is 1.50. The van der Waals surface area contributed by atoms with Crippen LogP contribution in [0.5, 0.6) is 0 Å². The summed E-state index contributed by atoms with van der Waals surface area (Å²) in [4.78, 5) is 51.4. The first-order chi connectivity index (χ1) is 16.3. The Hall–Kier alpha value is -2.90. The summed E-state index contributed by atoms with van der Waals surface area (Å²) in [7, 11) is 0. The first-order valence-electron chi connectivity index (χ1n) is 11.0. The molecule has 5 atom stereocenters. The Morgan fingerprint density at radius 2 is 1.53 bits per heavy atom. The van der Waals surface area contributed by atoms with Crippen LogP contribution in [-0.2, 0) is 19.1 Å². The molecule has 2 aliphatic rings. The smallest absolute Gasteiger partial charge is 0.338 e. The summed E-state index contributed by atoms with van der Waals surface area (Å²) in [6.07, 6.45) is 0.716. The van der Waals surface area contributed by atoms with Gasteiger partial charge in [-0.15, -0.1) is 23.2 Å². The van der Waals surface area contributed by atoms with Gasteiger partial charge < -0.3 is 10.1 Å². The molecule has 7 nitrogen and oxygen atoms in total. The molecule has 4 rings (SSSR count). The number of nitrogens with one attached hydrogen (secondary N) is 1. The van der Waals surface area contributed by atoms with E-state index >= 15 is 0 Å². The number of imide groups is 1. The van der Waals surface area contributed by atoms with Gasteiger partial charge in [0.05, 0.1) is 39.9 Å². The molecule has 0 aromatic heterocycles. The highest BCUT2D eigenvalue weighted by atomic mass is 35.5. The Morgan fingerprint density at radius 1 is 0.971 bits per heavy atom. The van der Waals surface area contributed by atoms with Gasteiger partial charge in [0, 0.05) is 0 Å². The average Bonchev–Trinajstić information content (AvgIpc) is 3.07. The Morgan fingerprint density at radius 3 is 2.09 bits per heavy atom. The largest absolute Gasteiger partial charge is 0.452 e. The molecule has 34 heavy (non-hydrogen) atoms. The molecule has 1 heterocycles. The van der Waals surface area contributed by atoms with Gasteiger partial charge in [-0.3, -0.25) is 19.3 Å². The number of benzene rings is 2. The Bertz CT molecular complexity index is 1060. The number of hydrogen-bond acceptors (Lipinski definition) is 5. The van der Waals surface area contributed by atoms with E-state index in [0.29, 0.717) is 18.5 Å². The van der Waals surface area contributed by atoms with Crippen molar-refractivity contribution in [2.24, 2.45) is 11.8 Å². The lowest BCUT2D eigenvalue weighted by atomic mass is 9.80. The van der Waals surface area contributed by atoms with Crippen LogP contribution in [0.1, 0.15) is 41.7 Å². The monoisotopic (exact) mass is 502 g/mol. The second-order valence-corrected chi connectivity index (χ2v) is 9.67. The van der Waals surface area contributed by atoms with Gasteiger partial charge in [-0.25, -0.2) is 4.79 Å². The number of nitrogens with zero attached hydrogens (tertiary/aromatic N) is 1. The lowest BCUT2D eigenvalue weighted by Gasteiger charge is -2.28. The highest BCUT2D eigenvalue weighted by Gasteiger charge is 2.52. The maximum atomic E-state index is 12.9. The molecule has 3 amide bonds. The quantitative estimate of drug-likeness (QED) is 0.368. The molecule has 0 bridgehead atoms. The van der Waals surface area contributed by atoms with E-state index < -0.39 is 30.3 Å². The third-order valence-electron chi connectivity index (χ3n) is 6.28. The van der Waals surface area contributed by atoms with Crippen LogP contribution in [-0.4, -0.2) is 41.1 Å². The zero-order chi connectivity index (χ0) is 24.4. The van der Waals surface area contributed by atoms with Crippen molar-refractivity contribution >= 4 is 52.6 Å². The van der Waals surface area contributed by atoms with Gasteiger partial charge in [0.25, 0.3) is 5.91 Å². The van der Waals surface area contributed by atoms with Crippen LogP contribution in [0.15, 0.2) is 54.6 Å². The predicted octanol–water partition coefficient (Wildman–Crippen LogP) is 3.84. The minimum atomic E-state index is -0.684. The first kappa shape index (κ1) is 24.2. The molecule has 2 aromatic carbocycles. The number of esters is 1. The fraction of sp³-hybridized carbons (Fsp3) is 0.360. The Labute approximate surface area is 207 Å². The average molecular weight is 503 g/mol. The molecular formula is C25H24Cl2N2O5. The van der Waals surface area contributed by atoms with Gasteiger partial charge >= 0.3 is 5.97 Å². The van der Waals surface area contributed by atoms with Crippen LogP contribution in [0.4, 0.5) is 5.69 Å². The van der Waals surface area contributed by atoms with Gasteiger partial charge in [-0.2, -0.15) is 0 Å². The summed E-state index contributed by atoms with van der Waals surface area (Å²) < 4.78 is 5.11. The van der Waals surface area contributed by atoms with E-state index in [0.717, 1.165) is 10.5 Å². The van der Waals surface area contributed by atoms with Crippen molar-refractivity contribution in [3.05, 3.63) is 65.7 Å². The fourth-order valence-electron chi connectivity index (χ4n) is 4.42. The second kappa shape index (κ2) is 10.2. The molecule has 1 saturated heterocycles. The fourth-order valence-corrected chi connectivity index (χ4v) is 5.01. The summed E-state index contributed by atoms with van der Waals surface area (Å²) >= 11 is 12.4. The second-order valence-electron chi connectivity index (χ2n) is 8.55. The van der Waals surface area contributed by atoms with E-state index in [2.05, 4.69) is 5.32 Å². The summed E-state index contributed by atoms with van der Waals surface area (Å²) in [5.74, 6) is -2.67. The topological polar surface area (TPSA) is 92.8 Å². The van der Waals surface area contributed by atoms with E-state index in [-0.39, 0.29) is 34.2 Å². The molecule has 1 N–H and O–H groups in total. The first-order valence-corrected chi connectivity index (χ1v) is 11.9. The number of alkyl halides is 2. The number of carbonyl (C=O) groups is 4. The normalized spacial score (nSPS) is 25.0. The zero-order valence-electron chi connectivity index (χ0n) is 18.4. The highest BCUT2D eigenvalue weighted by Crippen LogP contribution is 2.43. The van der Waals surface area contributed by atoms with Gasteiger partial charge in [0.2, 0.25) is 11.8 Å². The van der Waals surface area contributed by atoms with E-state index in [1.54, 1.807) is 0 Å².